The summed E-state index contributed by atoms with van der Waals surface area (Å²) in [6.45, 7) is 6.37. The number of nitrogens with zero attached hydrogens (tertiary/aromatic N) is 3. The number of aromatic nitrogens is 1. The quantitative estimate of drug-likeness (QED) is 0.873. The molecule has 5 heteroatoms. The Hall–Kier alpha value is -1.12. The summed E-state index contributed by atoms with van der Waals surface area (Å²) in [7, 11) is 2.16. The van der Waals surface area contributed by atoms with Gasteiger partial charge in [0.05, 0.1) is 5.69 Å². The van der Waals surface area contributed by atoms with Crippen LogP contribution in [0.1, 0.15) is 24.6 Å². The van der Waals surface area contributed by atoms with E-state index >= 15 is 0 Å². The predicted molar refractivity (Wildman–Crippen MR) is 70.3 cm³/mol. The van der Waals surface area contributed by atoms with Gasteiger partial charge >= 0.3 is 0 Å². The van der Waals surface area contributed by atoms with Crippen molar-refractivity contribution in [3.8, 4) is 6.07 Å². The van der Waals surface area contributed by atoms with Gasteiger partial charge in [0.25, 0.3) is 0 Å². The third-order valence-corrected chi connectivity index (χ3v) is 4.27. The van der Waals surface area contributed by atoms with E-state index < -0.39 is 0 Å². The van der Waals surface area contributed by atoms with Gasteiger partial charge in [-0.2, -0.15) is 9.64 Å². The number of anilines is 1. The minimum Gasteiger partial charge on any atom is -0.371 e. The largest absolute Gasteiger partial charge is 0.371 e. The Balaban J connectivity index is 2.08. The van der Waals surface area contributed by atoms with Crippen LogP contribution >= 0.6 is 11.5 Å². The van der Waals surface area contributed by atoms with Crippen molar-refractivity contribution in [2.75, 3.05) is 25.5 Å². The van der Waals surface area contributed by atoms with E-state index in [2.05, 4.69) is 34.6 Å². The highest BCUT2D eigenvalue weighted by Gasteiger charge is 2.25. The van der Waals surface area contributed by atoms with Crippen LogP contribution in [0.25, 0.3) is 0 Å². The zero-order valence-corrected chi connectivity index (χ0v) is 11.3. The molecule has 1 fully saturated rings. The van der Waals surface area contributed by atoms with Gasteiger partial charge in [0.15, 0.2) is 0 Å². The molecule has 2 unspecified atom stereocenters. The first-order valence-corrected chi connectivity index (χ1v) is 6.70. The molecule has 92 valence electrons. The van der Waals surface area contributed by atoms with Crippen LogP contribution in [0, 0.1) is 24.2 Å². The fourth-order valence-corrected chi connectivity index (χ4v) is 3.15. The first kappa shape index (κ1) is 12.3. The van der Waals surface area contributed by atoms with E-state index in [9.17, 15) is 0 Å². The Morgan fingerprint density at radius 2 is 2.35 bits per heavy atom. The lowest BCUT2D eigenvalue weighted by Gasteiger charge is -2.35. The van der Waals surface area contributed by atoms with E-state index in [1.807, 2.05) is 6.92 Å². The molecule has 1 aromatic heterocycles. The minimum atomic E-state index is 0.457. The molecule has 0 amide bonds. The minimum absolute atomic E-state index is 0.457. The van der Waals surface area contributed by atoms with Crippen molar-refractivity contribution in [2.24, 2.45) is 5.92 Å². The maximum Gasteiger partial charge on any atom is 0.127 e. The molecule has 0 spiro atoms. The van der Waals surface area contributed by atoms with Crippen molar-refractivity contribution >= 4 is 16.5 Å². The highest BCUT2D eigenvalue weighted by molar-refractivity contribution is 7.10. The first-order valence-electron chi connectivity index (χ1n) is 5.93. The molecule has 1 N–H and O–H groups in total. The number of likely N-dealkylation sites (tertiary alicyclic amines) is 1. The van der Waals surface area contributed by atoms with E-state index in [-0.39, 0.29) is 0 Å². The summed E-state index contributed by atoms with van der Waals surface area (Å²) in [5.41, 5.74) is 1.54. The molecule has 0 aliphatic carbocycles. The van der Waals surface area contributed by atoms with E-state index in [4.69, 9.17) is 5.26 Å². The topological polar surface area (TPSA) is 52.0 Å². The van der Waals surface area contributed by atoms with Gasteiger partial charge < -0.3 is 10.2 Å². The molecule has 1 aromatic rings. The Kier molecular flexibility index (Phi) is 3.65. The van der Waals surface area contributed by atoms with Crippen molar-refractivity contribution in [1.82, 2.24) is 9.27 Å². The summed E-state index contributed by atoms with van der Waals surface area (Å²) in [6.07, 6.45) is 1.12. The molecular weight excluding hydrogens is 232 g/mol. The van der Waals surface area contributed by atoms with Gasteiger partial charge in [-0.1, -0.05) is 6.92 Å². The number of hydrogen-bond donors (Lipinski definition) is 1. The Morgan fingerprint density at radius 1 is 1.59 bits per heavy atom. The van der Waals surface area contributed by atoms with Gasteiger partial charge in [0.2, 0.25) is 0 Å². The summed E-state index contributed by atoms with van der Waals surface area (Å²) in [5.74, 6) is 0.600. The molecule has 2 atom stereocenters. The van der Waals surface area contributed by atoms with E-state index in [1.54, 1.807) is 0 Å². The number of nitriles is 1. The molecule has 0 radical (unpaired) electrons. The summed E-state index contributed by atoms with van der Waals surface area (Å²) < 4.78 is 4.24. The highest BCUT2D eigenvalue weighted by Crippen LogP contribution is 2.27. The third-order valence-electron chi connectivity index (χ3n) is 3.40. The number of nitrogens with one attached hydrogen (secondary N) is 1. The van der Waals surface area contributed by atoms with Crippen molar-refractivity contribution in [2.45, 2.75) is 26.3 Å². The highest BCUT2D eigenvalue weighted by atomic mass is 32.1. The van der Waals surface area contributed by atoms with Crippen LogP contribution in [0.3, 0.4) is 0 Å². The maximum absolute atomic E-state index is 9.09. The number of piperidine rings is 1. The SMILES string of the molecule is Cc1nsc(NC2CCN(C)CC2C)c1C#N. The summed E-state index contributed by atoms with van der Waals surface area (Å²) in [4.78, 5) is 2.35. The van der Waals surface area contributed by atoms with Gasteiger partial charge in [0.1, 0.15) is 16.6 Å². The van der Waals surface area contributed by atoms with Gasteiger partial charge in [-0.05, 0) is 44.4 Å². The molecule has 2 rings (SSSR count). The fraction of sp³-hybridized carbons (Fsp3) is 0.667. The zero-order valence-electron chi connectivity index (χ0n) is 10.5. The van der Waals surface area contributed by atoms with Crippen molar-refractivity contribution in [3.05, 3.63) is 11.3 Å². The normalized spacial score (nSPS) is 25.5. The van der Waals surface area contributed by atoms with Gasteiger partial charge in [-0.25, -0.2) is 0 Å². The van der Waals surface area contributed by atoms with Crippen molar-refractivity contribution in [3.63, 3.8) is 0 Å². The van der Waals surface area contributed by atoms with Gasteiger partial charge in [-0.15, -0.1) is 0 Å². The second-order valence-electron chi connectivity index (χ2n) is 4.86. The smallest absolute Gasteiger partial charge is 0.127 e. The Morgan fingerprint density at radius 3 is 3.00 bits per heavy atom. The molecule has 1 saturated heterocycles. The second kappa shape index (κ2) is 5.03. The molecule has 4 nitrogen and oxygen atoms in total. The van der Waals surface area contributed by atoms with E-state index in [0.717, 1.165) is 30.2 Å². The lowest BCUT2D eigenvalue weighted by Crippen LogP contribution is -2.43. The van der Waals surface area contributed by atoms with Crippen LogP contribution in [-0.2, 0) is 0 Å². The van der Waals surface area contributed by atoms with Crippen LogP contribution in [0.5, 0.6) is 0 Å². The Bertz CT molecular complexity index is 434. The lowest BCUT2D eigenvalue weighted by atomic mass is 9.94. The van der Waals surface area contributed by atoms with Crippen LogP contribution < -0.4 is 5.32 Å². The average Bonchev–Trinajstić information content (AvgIpc) is 2.63. The van der Waals surface area contributed by atoms with Crippen molar-refractivity contribution in [1.29, 1.82) is 5.26 Å². The molecule has 0 aromatic carbocycles. The number of aryl methyl sites for hydroxylation is 1. The maximum atomic E-state index is 9.09. The Labute approximate surface area is 106 Å². The van der Waals surface area contributed by atoms with Crippen LogP contribution in [0.2, 0.25) is 0 Å². The molecular formula is C12H18N4S. The summed E-state index contributed by atoms with van der Waals surface area (Å²) >= 11 is 1.40. The van der Waals surface area contributed by atoms with Gasteiger partial charge in [-0.3, -0.25) is 0 Å². The predicted octanol–water partition coefficient (Wildman–Crippen LogP) is 2.08. The second-order valence-corrected chi connectivity index (χ2v) is 5.64. The monoisotopic (exact) mass is 250 g/mol. The fourth-order valence-electron chi connectivity index (χ4n) is 2.34. The summed E-state index contributed by atoms with van der Waals surface area (Å²) in [5, 5.41) is 13.5. The van der Waals surface area contributed by atoms with Crippen LogP contribution in [0.4, 0.5) is 5.00 Å². The van der Waals surface area contributed by atoms with E-state index in [1.165, 1.54) is 11.5 Å². The van der Waals surface area contributed by atoms with Crippen LogP contribution in [-0.4, -0.2) is 35.5 Å². The van der Waals surface area contributed by atoms with Gasteiger partial charge in [0, 0.05) is 12.6 Å². The third kappa shape index (κ3) is 2.59. The standard InChI is InChI=1S/C12H18N4S/c1-8-7-16(3)5-4-11(8)14-12-10(6-13)9(2)15-17-12/h8,11,14H,4-5,7H2,1-3H3. The van der Waals surface area contributed by atoms with E-state index in [0.29, 0.717) is 17.5 Å². The zero-order chi connectivity index (χ0) is 12.4. The molecule has 0 bridgehead atoms. The van der Waals surface area contributed by atoms with Crippen molar-refractivity contribution < 1.29 is 0 Å². The van der Waals surface area contributed by atoms with Crippen LogP contribution in [0.15, 0.2) is 0 Å². The molecule has 1 aliphatic rings. The summed E-state index contributed by atoms with van der Waals surface area (Å²) in [6, 6.07) is 2.69. The lowest BCUT2D eigenvalue weighted by molar-refractivity contribution is 0.206. The molecule has 17 heavy (non-hydrogen) atoms. The molecule has 2 heterocycles. The number of rotatable bonds is 2. The molecule has 1 aliphatic heterocycles. The average molecular weight is 250 g/mol. The first-order chi connectivity index (χ1) is 8.11. The number of hydrogen-bond acceptors (Lipinski definition) is 5. The molecule has 0 saturated carbocycles.